The number of carbonyl (C=O) groups is 1. The fraction of sp³-hybridized carbons (Fsp3) is 0.133. The van der Waals surface area contributed by atoms with E-state index in [1.165, 1.54) is 37.5 Å². The summed E-state index contributed by atoms with van der Waals surface area (Å²) in [5.74, 6) is -0.160. The van der Waals surface area contributed by atoms with Gasteiger partial charge in [0, 0.05) is 11.6 Å². The number of nitrogens with zero attached hydrogens (tertiary/aromatic N) is 1. The van der Waals surface area contributed by atoms with Crippen LogP contribution >= 0.6 is 0 Å². The predicted molar refractivity (Wildman–Crippen MR) is 77.8 cm³/mol. The lowest BCUT2D eigenvalue weighted by molar-refractivity contribution is -0.385. The number of hydrogen-bond acceptors (Lipinski definition) is 6. The van der Waals surface area contributed by atoms with Crippen molar-refractivity contribution in [3.8, 4) is 17.1 Å². The highest BCUT2D eigenvalue weighted by molar-refractivity contribution is 5.87. The molecule has 0 saturated carbocycles. The van der Waals surface area contributed by atoms with E-state index in [1.807, 2.05) is 0 Å². The smallest absolute Gasteiger partial charge is 0.374 e. The van der Waals surface area contributed by atoms with E-state index in [0.29, 0.717) is 11.3 Å². The maximum absolute atomic E-state index is 11.6. The second-order valence-corrected chi connectivity index (χ2v) is 4.19. The summed E-state index contributed by atoms with van der Waals surface area (Å²) in [6.45, 7) is 3.51. The van der Waals surface area contributed by atoms with Gasteiger partial charge in [-0.2, -0.15) is 0 Å². The van der Waals surface area contributed by atoms with Crippen molar-refractivity contribution in [3.05, 3.63) is 58.9 Å². The van der Waals surface area contributed by atoms with Crippen LogP contribution in [0, 0.1) is 10.1 Å². The molecule has 1 heterocycles. The standard InChI is InChI=1S/C15H13NO6/c1-3-8-21-15(17)14-7-6-12(22-14)10-4-5-13(20-2)11(9-10)16(18)19/h3-7,9H,1,8H2,2H3. The first-order valence-corrected chi connectivity index (χ1v) is 6.27. The number of nitro benzene ring substituents is 1. The summed E-state index contributed by atoms with van der Waals surface area (Å²) in [4.78, 5) is 22.1. The molecule has 22 heavy (non-hydrogen) atoms. The first-order chi connectivity index (χ1) is 10.6. The van der Waals surface area contributed by atoms with E-state index in [0.717, 1.165) is 0 Å². The molecule has 2 aromatic rings. The lowest BCUT2D eigenvalue weighted by Gasteiger charge is -2.03. The average Bonchev–Trinajstić information content (AvgIpc) is 3.01. The summed E-state index contributed by atoms with van der Waals surface area (Å²) in [5, 5.41) is 11.0. The van der Waals surface area contributed by atoms with Gasteiger partial charge in [0.2, 0.25) is 5.76 Å². The summed E-state index contributed by atoms with van der Waals surface area (Å²) < 4.78 is 15.1. The number of carbonyl (C=O) groups excluding carboxylic acids is 1. The Morgan fingerprint density at radius 2 is 2.18 bits per heavy atom. The fourth-order valence-corrected chi connectivity index (χ4v) is 1.79. The van der Waals surface area contributed by atoms with Crippen LogP contribution in [0.25, 0.3) is 11.3 Å². The third kappa shape index (κ3) is 3.14. The summed E-state index contributed by atoms with van der Waals surface area (Å²) in [6, 6.07) is 7.36. The van der Waals surface area contributed by atoms with E-state index in [2.05, 4.69) is 6.58 Å². The molecule has 7 nitrogen and oxygen atoms in total. The van der Waals surface area contributed by atoms with Crippen molar-refractivity contribution in [2.24, 2.45) is 0 Å². The Morgan fingerprint density at radius 1 is 1.41 bits per heavy atom. The van der Waals surface area contributed by atoms with Gasteiger partial charge in [0.05, 0.1) is 12.0 Å². The Morgan fingerprint density at radius 3 is 2.82 bits per heavy atom. The minimum atomic E-state index is -0.630. The molecule has 114 valence electrons. The van der Waals surface area contributed by atoms with E-state index in [9.17, 15) is 14.9 Å². The first kappa shape index (κ1) is 15.3. The molecule has 0 saturated heterocycles. The van der Waals surface area contributed by atoms with Gasteiger partial charge in [-0.15, -0.1) is 0 Å². The topological polar surface area (TPSA) is 91.8 Å². The van der Waals surface area contributed by atoms with E-state index in [1.54, 1.807) is 6.07 Å². The number of ether oxygens (including phenoxy) is 2. The van der Waals surface area contributed by atoms with Crippen LogP contribution in [0.1, 0.15) is 10.6 Å². The zero-order valence-electron chi connectivity index (χ0n) is 11.8. The van der Waals surface area contributed by atoms with Crippen molar-refractivity contribution < 1.29 is 23.6 Å². The van der Waals surface area contributed by atoms with Crippen molar-refractivity contribution in [1.29, 1.82) is 0 Å². The molecular formula is C15H13NO6. The van der Waals surface area contributed by atoms with E-state index in [4.69, 9.17) is 13.9 Å². The Hall–Kier alpha value is -3.09. The summed E-state index contributed by atoms with van der Waals surface area (Å²) >= 11 is 0. The third-order valence-electron chi connectivity index (χ3n) is 2.80. The monoisotopic (exact) mass is 303 g/mol. The molecule has 0 amide bonds. The highest BCUT2D eigenvalue weighted by Gasteiger charge is 2.18. The SMILES string of the molecule is C=CCOC(=O)c1ccc(-c2ccc(OC)c([N+](=O)[O-])c2)o1. The summed E-state index contributed by atoms with van der Waals surface area (Å²) in [5.41, 5.74) is 0.266. The van der Waals surface area contributed by atoms with E-state index in [-0.39, 0.29) is 23.8 Å². The van der Waals surface area contributed by atoms with Crippen LogP contribution in [0.5, 0.6) is 5.75 Å². The minimum absolute atomic E-state index is 0.00956. The molecule has 0 unspecified atom stereocenters. The normalized spacial score (nSPS) is 10.0. The first-order valence-electron chi connectivity index (χ1n) is 6.27. The summed E-state index contributed by atoms with van der Waals surface area (Å²) in [6.07, 6.45) is 1.44. The molecule has 0 atom stereocenters. The number of nitro groups is 1. The number of benzene rings is 1. The molecule has 0 fully saturated rings. The van der Waals surface area contributed by atoms with Gasteiger partial charge < -0.3 is 13.9 Å². The predicted octanol–water partition coefficient (Wildman–Crippen LogP) is 3.21. The molecule has 0 spiro atoms. The zero-order chi connectivity index (χ0) is 16.1. The highest BCUT2D eigenvalue weighted by Crippen LogP contribution is 2.32. The van der Waals surface area contributed by atoms with Crippen LogP contribution in [-0.2, 0) is 4.74 Å². The number of methoxy groups -OCH3 is 1. The molecule has 0 aliphatic rings. The van der Waals surface area contributed by atoms with Crippen molar-refractivity contribution in [3.63, 3.8) is 0 Å². The molecule has 0 aliphatic carbocycles. The van der Waals surface area contributed by atoms with Crippen LogP contribution in [0.2, 0.25) is 0 Å². The lowest BCUT2D eigenvalue weighted by atomic mass is 10.1. The van der Waals surface area contributed by atoms with Crippen molar-refractivity contribution >= 4 is 11.7 Å². The molecule has 2 rings (SSSR count). The fourth-order valence-electron chi connectivity index (χ4n) is 1.79. The molecular weight excluding hydrogens is 290 g/mol. The van der Waals surface area contributed by atoms with Gasteiger partial charge >= 0.3 is 11.7 Å². The second-order valence-electron chi connectivity index (χ2n) is 4.19. The van der Waals surface area contributed by atoms with Crippen molar-refractivity contribution in [2.75, 3.05) is 13.7 Å². The maximum Gasteiger partial charge on any atom is 0.374 e. The molecule has 1 aromatic heterocycles. The third-order valence-corrected chi connectivity index (χ3v) is 2.80. The molecule has 0 aliphatic heterocycles. The molecule has 0 N–H and O–H groups in total. The van der Waals surface area contributed by atoms with Gasteiger partial charge in [-0.25, -0.2) is 4.79 Å². The van der Waals surface area contributed by atoms with Gasteiger partial charge in [0.25, 0.3) is 0 Å². The molecule has 1 aromatic carbocycles. The van der Waals surface area contributed by atoms with Crippen LogP contribution in [-0.4, -0.2) is 24.6 Å². The second kappa shape index (κ2) is 6.57. The number of esters is 1. The Balaban J connectivity index is 2.31. The largest absolute Gasteiger partial charge is 0.490 e. The quantitative estimate of drug-likeness (QED) is 0.352. The van der Waals surface area contributed by atoms with Crippen LogP contribution in [0.4, 0.5) is 5.69 Å². The van der Waals surface area contributed by atoms with E-state index < -0.39 is 10.9 Å². The number of hydrogen-bond donors (Lipinski definition) is 0. The van der Waals surface area contributed by atoms with Crippen molar-refractivity contribution in [1.82, 2.24) is 0 Å². The van der Waals surface area contributed by atoms with Crippen LogP contribution in [0.3, 0.4) is 0 Å². The van der Waals surface area contributed by atoms with Gasteiger partial charge in [-0.3, -0.25) is 10.1 Å². The van der Waals surface area contributed by atoms with Crippen LogP contribution in [0.15, 0.2) is 47.4 Å². The summed E-state index contributed by atoms with van der Waals surface area (Å²) in [7, 11) is 1.35. The Kier molecular flexibility index (Phi) is 4.57. The van der Waals surface area contributed by atoms with Gasteiger partial charge in [-0.05, 0) is 24.3 Å². The Bertz CT molecular complexity index is 719. The van der Waals surface area contributed by atoms with Crippen molar-refractivity contribution in [2.45, 2.75) is 0 Å². The molecule has 7 heteroatoms. The zero-order valence-corrected chi connectivity index (χ0v) is 11.8. The highest BCUT2D eigenvalue weighted by atomic mass is 16.6. The minimum Gasteiger partial charge on any atom is -0.490 e. The molecule has 0 bridgehead atoms. The maximum atomic E-state index is 11.6. The van der Waals surface area contributed by atoms with Gasteiger partial charge in [0.1, 0.15) is 12.4 Å². The lowest BCUT2D eigenvalue weighted by Crippen LogP contribution is -2.03. The number of furan rings is 1. The number of rotatable bonds is 6. The van der Waals surface area contributed by atoms with Gasteiger partial charge in [-0.1, -0.05) is 12.7 Å². The van der Waals surface area contributed by atoms with E-state index >= 15 is 0 Å². The van der Waals surface area contributed by atoms with Gasteiger partial charge in [0.15, 0.2) is 5.75 Å². The Labute approximate surface area is 125 Å². The molecule has 0 radical (unpaired) electrons. The van der Waals surface area contributed by atoms with Crippen LogP contribution < -0.4 is 4.74 Å². The average molecular weight is 303 g/mol.